The molecule has 0 unspecified atom stereocenters. The molecule has 6 nitrogen and oxygen atoms in total. The standard InChI is InChI=1S/C21H14Cl2N2O4/c22-15-7-13-5-12(11-29-20(13)17(23)8-15)6-14(10-24)21(26)25-16-1-2-18-19(9-16)28-4-3-27-18/h1-2,5-9H,3-4,11H2,(H,25,26). The summed E-state index contributed by atoms with van der Waals surface area (Å²) in [6.07, 6.45) is 3.26. The molecule has 146 valence electrons. The van der Waals surface area contributed by atoms with Crippen LogP contribution in [0.25, 0.3) is 6.08 Å². The molecule has 8 heteroatoms. The first-order chi connectivity index (χ1) is 14.0. The molecule has 2 aromatic rings. The first-order valence-electron chi connectivity index (χ1n) is 8.69. The maximum absolute atomic E-state index is 12.6. The van der Waals surface area contributed by atoms with Crippen LogP contribution in [0.15, 0.2) is 47.6 Å². The Morgan fingerprint density at radius 3 is 2.69 bits per heavy atom. The number of hydrogen-bond donors (Lipinski definition) is 1. The molecular weight excluding hydrogens is 415 g/mol. The number of amides is 1. The van der Waals surface area contributed by atoms with E-state index in [-0.39, 0.29) is 12.2 Å². The van der Waals surface area contributed by atoms with Crippen molar-refractivity contribution in [1.82, 2.24) is 0 Å². The summed E-state index contributed by atoms with van der Waals surface area (Å²) in [6, 6.07) is 10.3. The molecule has 2 aliphatic heterocycles. The molecule has 4 rings (SSSR count). The van der Waals surface area contributed by atoms with Gasteiger partial charge in [0.05, 0.1) is 5.02 Å². The van der Waals surface area contributed by atoms with E-state index in [0.717, 1.165) is 0 Å². The molecule has 29 heavy (non-hydrogen) atoms. The fraction of sp³-hybridized carbons (Fsp3) is 0.143. The zero-order chi connectivity index (χ0) is 20.4. The number of hydrogen-bond acceptors (Lipinski definition) is 5. The second-order valence-electron chi connectivity index (χ2n) is 6.30. The molecule has 1 amide bonds. The molecule has 0 radical (unpaired) electrons. The largest absolute Gasteiger partial charge is 0.487 e. The number of carbonyl (C=O) groups excluding carboxylic acids is 1. The van der Waals surface area contributed by atoms with E-state index in [1.165, 1.54) is 6.08 Å². The Bertz CT molecular complexity index is 1100. The van der Waals surface area contributed by atoms with Gasteiger partial charge < -0.3 is 19.5 Å². The highest BCUT2D eigenvalue weighted by Gasteiger charge is 2.18. The van der Waals surface area contributed by atoms with Crippen molar-refractivity contribution in [2.75, 3.05) is 25.1 Å². The summed E-state index contributed by atoms with van der Waals surface area (Å²) in [5.74, 6) is 1.14. The Morgan fingerprint density at radius 2 is 1.90 bits per heavy atom. The van der Waals surface area contributed by atoms with Crippen molar-refractivity contribution in [3.05, 3.63) is 63.2 Å². The summed E-state index contributed by atoms with van der Waals surface area (Å²) in [7, 11) is 0. The van der Waals surface area contributed by atoms with Crippen molar-refractivity contribution < 1.29 is 19.0 Å². The zero-order valence-electron chi connectivity index (χ0n) is 15.0. The topological polar surface area (TPSA) is 80.6 Å². The van der Waals surface area contributed by atoms with Crippen molar-refractivity contribution in [3.63, 3.8) is 0 Å². The Hall–Kier alpha value is -3.14. The summed E-state index contributed by atoms with van der Waals surface area (Å²) < 4.78 is 16.6. The minimum atomic E-state index is -0.542. The van der Waals surface area contributed by atoms with Crippen molar-refractivity contribution in [2.24, 2.45) is 0 Å². The quantitative estimate of drug-likeness (QED) is 0.569. The van der Waals surface area contributed by atoms with Gasteiger partial charge in [-0.1, -0.05) is 23.2 Å². The number of carbonyl (C=O) groups is 1. The van der Waals surface area contributed by atoms with Crippen LogP contribution in [0.5, 0.6) is 17.2 Å². The number of rotatable bonds is 3. The maximum atomic E-state index is 12.6. The third-order valence-corrected chi connectivity index (χ3v) is 4.75. The van der Waals surface area contributed by atoms with Gasteiger partial charge in [-0.15, -0.1) is 0 Å². The summed E-state index contributed by atoms with van der Waals surface area (Å²) >= 11 is 12.2. The molecule has 1 N–H and O–H groups in total. The number of nitrogens with zero attached hydrogens (tertiary/aromatic N) is 1. The van der Waals surface area contributed by atoms with Crippen LogP contribution < -0.4 is 19.5 Å². The van der Waals surface area contributed by atoms with Gasteiger partial charge in [-0.05, 0) is 42.0 Å². The molecule has 0 aromatic heterocycles. The van der Waals surface area contributed by atoms with Gasteiger partial charge in [-0.25, -0.2) is 0 Å². The lowest BCUT2D eigenvalue weighted by Gasteiger charge is -2.19. The van der Waals surface area contributed by atoms with Crippen LogP contribution in [0.1, 0.15) is 5.56 Å². The van der Waals surface area contributed by atoms with Crippen molar-refractivity contribution in [3.8, 4) is 23.3 Å². The lowest BCUT2D eigenvalue weighted by molar-refractivity contribution is -0.112. The van der Waals surface area contributed by atoms with Gasteiger partial charge in [0.2, 0.25) is 0 Å². The van der Waals surface area contributed by atoms with Crippen LogP contribution in [0, 0.1) is 11.3 Å². The fourth-order valence-corrected chi connectivity index (χ4v) is 3.54. The average molecular weight is 429 g/mol. The van der Waals surface area contributed by atoms with Crippen LogP contribution in [-0.2, 0) is 4.79 Å². The first-order valence-corrected chi connectivity index (χ1v) is 9.44. The molecule has 2 aromatic carbocycles. The van der Waals surface area contributed by atoms with Crippen molar-refractivity contribution in [2.45, 2.75) is 0 Å². The normalized spacial score (nSPS) is 14.8. The molecule has 0 saturated carbocycles. The average Bonchev–Trinajstić information content (AvgIpc) is 2.71. The smallest absolute Gasteiger partial charge is 0.266 e. The SMILES string of the molecule is N#CC(=CC1=Cc2cc(Cl)cc(Cl)c2OC1)C(=O)Nc1ccc2c(c1)OCCO2. The lowest BCUT2D eigenvalue weighted by atomic mass is 10.0. The summed E-state index contributed by atoms with van der Waals surface area (Å²) in [4.78, 5) is 12.6. The third kappa shape index (κ3) is 4.16. The van der Waals surface area contributed by atoms with Crippen molar-refractivity contribution in [1.29, 1.82) is 5.26 Å². The highest BCUT2D eigenvalue weighted by molar-refractivity contribution is 6.36. The molecule has 2 heterocycles. The Balaban J connectivity index is 1.55. The van der Waals surface area contributed by atoms with Crippen LogP contribution in [0.3, 0.4) is 0 Å². The monoisotopic (exact) mass is 428 g/mol. The van der Waals surface area contributed by atoms with E-state index in [1.807, 2.05) is 6.07 Å². The number of nitrogens with one attached hydrogen (secondary N) is 1. The van der Waals surface area contributed by atoms with Gasteiger partial charge in [-0.2, -0.15) is 5.26 Å². The molecule has 0 spiro atoms. The van der Waals surface area contributed by atoms with Crippen LogP contribution in [0.2, 0.25) is 10.0 Å². The number of benzene rings is 2. The maximum Gasteiger partial charge on any atom is 0.266 e. The van der Waals surface area contributed by atoms with Gasteiger partial charge >= 0.3 is 0 Å². The van der Waals surface area contributed by atoms with Crippen LogP contribution in [-0.4, -0.2) is 25.7 Å². The Labute approximate surface area is 176 Å². The highest BCUT2D eigenvalue weighted by atomic mass is 35.5. The van der Waals surface area contributed by atoms with Gasteiger partial charge in [0.1, 0.15) is 37.2 Å². The van der Waals surface area contributed by atoms with Gasteiger partial charge in [-0.3, -0.25) is 4.79 Å². The number of nitriles is 1. The molecule has 0 aliphatic carbocycles. The third-order valence-electron chi connectivity index (χ3n) is 4.26. The molecule has 0 bridgehead atoms. The van der Waals surface area contributed by atoms with E-state index in [0.29, 0.717) is 57.3 Å². The second kappa shape index (κ2) is 8.08. The molecule has 2 aliphatic rings. The minimum absolute atomic E-state index is 0.0636. The Morgan fingerprint density at radius 1 is 1.10 bits per heavy atom. The van der Waals surface area contributed by atoms with E-state index in [1.54, 1.807) is 36.4 Å². The number of fused-ring (bicyclic) bond motifs is 2. The Kier molecular flexibility index (Phi) is 5.34. The summed E-state index contributed by atoms with van der Waals surface area (Å²) in [5.41, 5.74) is 1.76. The summed E-state index contributed by atoms with van der Waals surface area (Å²) in [6.45, 7) is 1.10. The molecular formula is C21H14Cl2N2O4. The lowest BCUT2D eigenvalue weighted by Crippen LogP contribution is -2.17. The molecule has 0 saturated heterocycles. The van der Waals surface area contributed by atoms with Crippen LogP contribution >= 0.6 is 23.2 Å². The summed E-state index contributed by atoms with van der Waals surface area (Å²) in [5, 5.41) is 13.0. The van der Waals surface area contributed by atoms with Crippen LogP contribution in [0.4, 0.5) is 5.69 Å². The van der Waals surface area contributed by atoms with Gasteiger partial charge in [0.25, 0.3) is 5.91 Å². The van der Waals surface area contributed by atoms with Gasteiger partial charge in [0.15, 0.2) is 11.5 Å². The van der Waals surface area contributed by atoms with Crippen molar-refractivity contribution >= 4 is 40.9 Å². The molecule has 0 atom stereocenters. The highest BCUT2D eigenvalue weighted by Crippen LogP contribution is 2.37. The predicted octanol–water partition coefficient (Wildman–Crippen LogP) is 4.63. The second-order valence-corrected chi connectivity index (χ2v) is 7.14. The number of ether oxygens (including phenoxy) is 3. The zero-order valence-corrected chi connectivity index (χ0v) is 16.5. The predicted molar refractivity (Wildman–Crippen MR) is 110 cm³/mol. The fourth-order valence-electron chi connectivity index (χ4n) is 2.97. The number of halogens is 2. The first kappa shape index (κ1) is 19.2. The van der Waals surface area contributed by atoms with Gasteiger partial charge in [0, 0.05) is 22.3 Å². The van der Waals surface area contributed by atoms with E-state index in [4.69, 9.17) is 37.4 Å². The van der Waals surface area contributed by atoms with E-state index in [9.17, 15) is 10.1 Å². The molecule has 0 fully saturated rings. The van der Waals surface area contributed by atoms with E-state index in [2.05, 4.69) is 5.32 Å². The van der Waals surface area contributed by atoms with E-state index >= 15 is 0 Å². The minimum Gasteiger partial charge on any atom is -0.487 e. The number of anilines is 1. The van der Waals surface area contributed by atoms with E-state index < -0.39 is 5.91 Å².